The lowest BCUT2D eigenvalue weighted by Crippen LogP contribution is -2.43. The summed E-state index contributed by atoms with van der Waals surface area (Å²) in [6, 6.07) is 2.31. The van der Waals surface area contributed by atoms with Crippen LogP contribution in [-0.2, 0) is 4.74 Å². The SMILES string of the molecule is CC(C)(C)OC(=O)N[C@H]1CC[C@](S)(CC#N)CC1. The molecule has 1 rings (SSSR count). The van der Waals surface area contributed by atoms with Crippen LogP contribution < -0.4 is 5.32 Å². The third-order valence-corrected chi connectivity index (χ3v) is 3.65. The van der Waals surface area contributed by atoms with Gasteiger partial charge in [-0.15, -0.1) is 0 Å². The third kappa shape index (κ3) is 5.18. The van der Waals surface area contributed by atoms with Gasteiger partial charge in [-0.25, -0.2) is 4.79 Å². The normalized spacial score (nSPS) is 28.3. The van der Waals surface area contributed by atoms with Crippen molar-refractivity contribution in [1.29, 1.82) is 5.26 Å². The minimum absolute atomic E-state index is 0.138. The molecule has 1 N–H and O–H groups in total. The lowest BCUT2D eigenvalue weighted by atomic mass is 9.83. The van der Waals surface area contributed by atoms with E-state index in [0.717, 1.165) is 25.7 Å². The molecule has 0 atom stereocenters. The van der Waals surface area contributed by atoms with E-state index >= 15 is 0 Å². The molecule has 0 radical (unpaired) electrons. The highest BCUT2D eigenvalue weighted by Crippen LogP contribution is 2.36. The highest BCUT2D eigenvalue weighted by atomic mass is 32.1. The Morgan fingerprint density at radius 2 is 2.06 bits per heavy atom. The first-order chi connectivity index (χ1) is 8.24. The molecule has 0 bridgehead atoms. The van der Waals surface area contributed by atoms with E-state index in [0.29, 0.717) is 6.42 Å². The van der Waals surface area contributed by atoms with E-state index < -0.39 is 5.60 Å². The smallest absolute Gasteiger partial charge is 0.407 e. The zero-order valence-corrected chi connectivity index (χ0v) is 12.2. The van der Waals surface area contributed by atoms with Crippen molar-refractivity contribution in [1.82, 2.24) is 5.32 Å². The van der Waals surface area contributed by atoms with Crippen LogP contribution in [0.1, 0.15) is 52.9 Å². The van der Waals surface area contributed by atoms with Gasteiger partial charge in [-0.2, -0.15) is 17.9 Å². The highest BCUT2D eigenvalue weighted by molar-refractivity contribution is 7.81. The molecule has 1 aliphatic carbocycles. The van der Waals surface area contributed by atoms with Crippen LogP contribution in [-0.4, -0.2) is 22.5 Å². The topological polar surface area (TPSA) is 62.1 Å². The summed E-state index contributed by atoms with van der Waals surface area (Å²) in [5.41, 5.74) is -0.465. The summed E-state index contributed by atoms with van der Waals surface area (Å²) < 4.78 is 5.04. The van der Waals surface area contributed by atoms with E-state index in [4.69, 9.17) is 10.00 Å². The predicted molar refractivity (Wildman–Crippen MR) is 73.6 cm³/mol. The molecule has 1 aliphatic rings. The van der Waals surface area contributed by atoms with E-state index in [1.807, 2.05) is 20.8 Å². The maximum Gasteiger partial charge on any atom is 0.407 e. The van der Waals surface area contributed by atoms with Crippen LogP contribution in [0.4, 0.5) is 4.79 Å². The van der Waals surface area contributed by atoms with Crippen LogP contribution in [0, 0.1) is 11.3 Å². The Hall–Kier alpha value is -0.890. The van der Waals surface area contributed by atoms with Gasteiger partial charge in [-0.05, 0) is 46.5 Å². The standard InChI is InChI=1S/C13H22N2O2S/c1-12(2,3)17-11(16)15-10-4-6-13(18,7-5-10)8-9-14/h10,18H,4-8H2,1-3H3,(H,15,16)/t10-,13+. The molecule has 0 aromatic rings. The average molecular weight is 270 g/mol. The van der Waals surface area contributed by atoms with Crippen molar-refractivity contribution in [2.75, 3.05) is 0 Å². The van der Waals surface area contributed by atoms with Crippen LogP contribution in [0.2, 0.25) is 0 Å². The van der Waals surface area contributed by atoms with Crippen molar-refractivity contribution in [2.45, 2.75) is 69.3 Å². The summed E-state index contributed by atoms with van der Waals surface area (Å²) in [4.78, 5) is 11.6. The Morgan fingerprint density at radius 3 is 2.50 bits per heavy atom. The monoisotopic (exact) mass is 270 g/mol. The number of hydrogen-bond donors (Lipinski definition) is 2. The molecular weight excluding hydrogens is 248 g/mol. The Morgan fingerprint density at radius 1 is 1.50 bits per heavy atom. The molecule has 0 aliphatic heterocycles. The van der Waals surface area contributed by atoms with Crippen molar-refractivity contribution in [3.8, 4) is 6.07 Å². The van der Waals surface area contributed by atoms with Gasteiger partial charge in [0, 0.05) is 17.2 Å². The summed E-state index contributed by atoms with van der Waals surface area (Å²) >= 11 is 4.56. The maximum absolute atomic E-state index is 11.6. The molecule has 1 amide bonds. The van der Waals surface area contributed by atoms with Crippen LogP contribution in [0.25, 0.3) is 0 Å². The third-order valence-electron chi connectivity index (χ3n) is 3.05. The molecule has 0 heterocycles. The van der Waals surface area contributed by atoms with Crippen LogP contribution in [0.15, 0.2) is 0 Å². The predicted octanol–water partition coefficient (Wildman–Crippen LogP) is 3.04. The van der Waals surface area contributed by atoms with Crippen molar-refractivity contribution in [2.24, 2.45) is 0 Å². The molecule has 102 valence electrons. The van der Waals surface area contributed by atoms with Crippen molar-refractivity contribution in [3.05, 3.63) is 0 Å². The Balaban J connectivity index is 2.36. The molecule has 0 saturated heterocycles. The fourth-order valence-electron chi connectivity index (χ4n) is 2.10. The molecule has 0 spiro atoms. The van der Waals surface area contributed by atoms with Gasteiger partial charge >= 0.3 is 6.09 Å². The molecule has 1 fully saturated rings. The van der Waals surface area contributed by atoms with Crippen LogP contribution >= 0.6 is 12.6 Å². The lowest BCUT2D eigenvalue weighted by molar-refractivity contribution is 0.0490. The largest absolute Gasteiger partial charge is 0.444 e. The molecule has 4 nitrogen and oxygen atoms in total. The first kappa shape index (κ1) is 15.2. The summed E-state index contributed by atoms with van der Waals surface area (Å²) in [7, 11) is 0. The van der Waals surface area contributed by atoms with Crippen LogP contribution in [0.3, 0.4) is 0 Å². The number of rotatable bonds is 2. The summed E-state index contributed by atoms with van der Waals surface area (Å²) in [6.07, 6.45) is 3.51. The van der Waals surface area contributed by atoms with Gasteiger partial charge in [0.05, 0.1) is 6.07 Å². The van der Waals surface area contributed by atoms with Crippen molar-refractivity contribution < 1.29 is 9.53 Å². The van der Waals surface area contributed by atoms with Gasteiger partial charge in [-0.3, -0.25) is 0 Å². The number of thiol groups is 1. The van der Waals surface area contributed by atoms with Gasteiger partial charge in [0.2, 0.25) is 0 Å². The second-order valence-electron chi connectivity index (χ2n) is 5.98. The second-order valence-corrected chi connectivity index (χ2v) is 6.93. The molecular formula is C13H22N2O2S. The molecule has 1 saturated carbocycles. The van der Waals surface area contributed by atoms with Gasteiger partial charge < -0.3 is 10.1 Å². The average Bonchev–Trinajstić information content (AvgIpc) is 2.19. The quantitative estimate of drug-likeness (QED) is 0.758. The zero-order valence-electron chi connectivity index (χ0n) is 11.3. The van der Waals surface area contributed by atoms with Crippen molar-refractivity contribution >= 4 is 18.7 Å². The van der Waals surface area contributed by atoms with Gasteiger partial charge in [0.25, 0.3) is 0 Å². The number of nitrogens with zero attached hydrogens (tertiary/aromatic N) is 1. The number of carbonyl (C=O) groups is 1. The van der Waals surface area contributed by atoms with E-state index in [2.05, 4.69) is 24.0 Å². The minimum atomic E-state index is -0.465. The van der Waals surface area contributed by atoms with Gasteiger partial charge in [0.1, 0.15) is 5.60 Å². The zero-order chi connectivity index (χ0) is 13.8. The molecule has 0 unspecified atom stereocenters. The number of amides is 1. The number of nitrogens with one attached hydrogen (secondary N) is 1. The van der Waals surface area contributed by atoms with E-state index in [1.165, 1.54) is 0 Å². The fraction of sp³-hybridized carbons (Fsp3) is 0.846. The molecule has 5 heteroatoms. The number of nitriles is 1. The Bertz CT molecular complexity index is 336. The van der Waals surface area contributed by atoms with Crippen molar-refractivity contribution in [3.63, 3.8) is 0 Å². The van der Waals surface area contributed by atoms with Crippen LogP contribution in [0.5, 0.6) is 0 Å². The number of ether oxygens (including phenoxy) is 1. The number of alkyl carbamates (subject to hydrolysis) is 1. The van der Waals surface area contributed by atoms with E-state index in [9.17, 15) is 4.79 Å². The number of carbonyl (C=O) groups excluding carboxylic acids is 1. The molecule has 0 aromatic carbocycles. The van der Waals surface area contributed by atoms with E-state index in [-0.39, 0.29) is 16.9 Å². The Kier molecular flexibility index (Phi) is 4.92. The number of hydrogen-bond acceptors (Lipinski definition) is 4. The fourth-order valence-corrected chi connectivity index (χ4v) is 2.43. The second kappa shape index (κ2) is 5.83. The summed E-state index contributed by atoms with van der Waals surface area (Å²) in [5.74, 6) is 0. The van der Waals surface area contributed by atoms with Gasteiger partial charge in [0.15, 0.2) is 0 Å². The molecule has 18 heavy (non-hydrogen) atoms. The maximum atomic E-state index is 11.6. The Labute approximate surface area is 114 Å². The minimum Gasteiger partial charge on any atom is -0.444 e. The molecule has 0 aromatic heterocycles. The first-order valence-electron chi connectivity index (χ1n) is 6.33. The lowest BCUT2D eigenvalue weighted by Gasteiger charge is -2.35. The highest BCUT2D eigenvalue weighted by Gasteiger charge is 2.33. The summed E-state index contributed by atoms with van der Waals surface area (Å²) in [5, 5.41) is 11.6. The van der Waals surface area contributed by atoms with Gasteiger partial charge in [-0.1, -0.05) is 0 Å². The van der Waals surface area contributed by atoms with E-state index in [1.54, 1.807) is 0 Å². The first-order valence-corrected chi connectivity index (χ1v) is 6.78. The summed E-state index contributed by atoms with van der Waals surface area (Å²) in [6.45, 7) is 5.54.